The van der Waals surface area contributed by atoms with Crippen molar-refractivity contribution in [2.45, 2.75) is 33.1 Å². The Hall–Kier alpha value is -1.96. The number of methoxy groups -OCH3 is 1. The Kier molecular flexibility index (Phi) is 4.03. The monoisotopic (exact) mass is 270 g/mol. The van der Waals surface area contributed by atoms with Gasteiger partial charge in [-0.25, -0.2) is 0 Å². The van der Waals surface area contributed by atoms with Gasteiger partial charge in [0.1, 0.15) is 5.75 Å². The van der Waals surface area contributed by atoms with E-state index in [1.54, 1.807) is 7.11 Å². The molecule has 106 valence electrons. The molecule has 0 radical (unpaired) electrons. The Balaban J connectivity index is 2.29. The van der Waals surface area contributed by atoms with Gasteiger partial charge in [-0.05, 0) is 47.7 Å². The van der Waals surface area contributed by atoms with Gasteiger partial charge in [0, 0.05) is 0 Å². The van der Waals surface area contributed by atoms with E-state index in [1.807, 2.05) is 30.3 Å². The van der Waals surface area contributed by atoms with Crippen molar-refractivity contribution in [1.29, 1.82) is 0 Å². The first-order valence-corrected chi connectivity index (χ1v) is 6.84. The fourth-order valence-corrected chi connectivity index (χ4v) is 2.37. The van der Waals surface area contributed by atoms with Crippen LogP contribution in [0.4, 0.5) is 0 Å². The van der Waals surface area contributed by atoms with Crippen LogP contribution in [-0.4, -0.2) is 7.11 Å². The molecule has 2 rings (SSSR count). The lowest BCUT2D eigenvalue weighted by atomic mass is 9.84. The molecule has 0 heterocycles. The van der Waals surface area contributed by atoms with Gasteiger partial charge in [-0.15, -0.1) is 0 Å². The summed E-state index contributed by atoms with van der Waals surface area (Å²) in [7, 11) is 1.65. The molecule has 2 nitrogen and oxygen atoms in total. The molecule has 0 bridgehead atoms. The zero-order valence-corrected chi connectivity index (χ0v) is 12.9. The molecule has 0 spiro atoms. The lowest BCUT2D eigenvalue weighted by Crippen LogP contribution is -2.12. The minimum Gasteiger partial charge on any atom is -0.493 e. The van der Waals surface area contributed by atoms with Gasteiger partial charge in [0.2, 0.25) is 0 Å². The van der Waals surface area contributed by atoms with Crippen molar-refractivity contribution in [1.82, 2.24) is 0 Å². The molecular weight excluding hydrogens is 248 g/mol. The zero-order chi connectivity index (χ0) is 14.8. The second-order valence-corrected chi connectivity index (χ2v) is 5.98. The maximum Gasteiger partial charge on any atom is 0.169 e. The van der Waals surface area contributed by atoms with Crippen LogP contribution in [0.1, 0.15) is 31.9 Å². The summed E-state index contributed by atoms with van der Waals surface area (Å²) in [5.74, 6) is 2.31. The number of hydrogen-bond acceptors (Lipinski definition) is 2. The number of hydrogen-bond donors (Lipinski definition) is 0. The van der Waals surface area contributed by atoms with Crippen LogP contribution in [0.25, 0.3) is 0 Å². The van der Waals surface area contributed by atoms with Crippen LogP contribution in [-0.2, 0) is 5.41 Å². The third-order valence-corrected chi connectivity index (χ3v) is 3.30. The summed E-state index contributed by atoms with van der Waals surface area (Å²) in [6.07, 6.45) is 0. The van der Waals surface area contributed by atoms with Gasteiger partial charge in [-0.3, -0.25) is 0 Å². The van der Waals surface area contributed by atoms with Crippen molar-refractivity contribution < 1.29 is 9.47 Å². The Bertz CT molecular complexity index is 595. The highest BCUT2D eigenvalue weighted by Gasteiger charge is 2.16. The minimum atomic E-state index is 0.146. The molecule has 0 unspecified atom stereocenters. The largest absolute Gasteiger partial charge is 0.493 e. The molecule has 0 aliphatic rings. The van der Waals surface area contributed by atoms with Gasteiger partial charge in [0.25, 0.3) is 0 Å². The highest BCUT2D eigenvalue weighted by Crippen LogP contribution is 2.33. The average molecular weight is 270 g/mol. The first kappa shape index (κ1) is 14.4. The third-order valence-electron chi connectivity index (χ3n) is 3.30. The summed E-state index contributed by atoms with van der Waals surface area (Å²) in [6, 6.07) is 13.9. The lowest BCUT2D eigenvalue weighted by Gasteiger charge is -2.22. The van der Waals surface area contributed by atoms with E-state index in [2.05, 4.69) is 39.8 Å². The van der Waals surface area contributed by atoms with Gasteiger partial charge >= 0.3 is 0 Å². The predicted octanol–water partition coefficient (Wildman–Crippen LogP) is 5.09. The summed E-state index contributed by atoms with van der Waals surface area (Å²) in [4.78, 5) is 0. The molecule has 0 amide bonds. The molecule has 0 saturated heterocycles. The molecule has 2 heteroatoms. The molecule has 2 aromatic carbocycles. The zero-order valence-electron chi connectivity index (χ0n) is 12.9. The highest BCUT2D eigenvalue weighted by atomic mass is 16.5. The molecule has 0 aromatic heterocycles. The van der Waals surface area contributed by atoms with Gasteiger partial charge in [-0.2, -0.15) is 0 Å². The summed E-state index contributed by atoms with van der Waals surface area (Å²) in [5.41, 5.74) is 2.72. The van der Waals surface area contributed by atoms with Crippen LogP contribution in [0.2, 0.25) is 0 Å². The first-order chi connectivity index (χ1) is 9.41. The summed E-state index contributed by atoms with van der Waals surface area (Å²) in [5, 5.41) is 0. The van der Waals surface area contributed by atoms with Gasteiger partial charge in [-0.1, -0.05) is 39.0 Å². The smallest absolute Gasteiger partial charge is 0.169 e. The van der Waals surface area contributed by atoms with Crippen molar-refractivity contribution in [3.63, 3.8) is 0 Å². The molecule has 0 aliphatic carbocycles. The Labute approximate surface area is 121 Å². The predicted molar refractivity (Wildman–Crippen MR) is 82.9 cm³/mol. The van der Waals surface area contributed by atoms with E-state index in [0.29, 0.717) is 0 Å². The van der Waals surface area contributed by atoms with Gasteiger partial charge in [0.05, 0.1) is 7.11 Å². The van der Waals surface area contributed by atoms with Crippen molar-refractivity contribution >= 4 is 0 Å². The van der Waals surface area contributed by atoms with Crippen LogP contribution in [0.3, 0.4) is 0 Å². The van der Waals surface area contributed by atoms with Crippen LogP contribution >= 0.6 is 0 Å². The van der Waals surface area contributed by atoms with Crippen molar-refractivity contribution in [2.75, 3.05) is 7.11 Å². The Morgan fingerprint density at radius 1 is 0.900 bits per heavy atom. The quantitative estimate of drug-likeness (QED) is 0.773. The molecule has 0 N–H and O–H groups in total. The van der Waals surface area contributed by atoms with Crippen LogP contribution in [0.15, 0.2) is 42.5 Å². The number of rotatable bonds is 3. The van der Waals surface area contributed by atoms with E-state index in [0.717, 1.165) is 17.2 Å². The van der Waals surface area contributed by atoms with E-state index in [9.17, 15) is 0 Å². The maximum atomic E-state index is 5.92. The first-order valence-electron chi connectivity index (χ1n) is 6.84. The van der Waals surface area contributed by atoms with Crippen LogP contribution < -0.4 is 9.47 Å². The molecule has 0 fully saturated rings. The summed E-state index contributed by atoms with van der Waals surface area (Å²) < 4.78 is 11.2. The lowest BCUT2D eigenvalue weighted by molar-refractivity contribution is 0.378. The standard InChI is InChI=1S/C18H22O2/c1-13-12-14(10-11-15(13)18(2,3)4)20-17-9-7-6-8-16(17)19-5/h6-12H,1-5H3. The third kappa shape index (κ3) is 3.13. The number of para-hydroxylation sites is 2. The van der Waals surface area contributed by atoms with Gasteiger partial charge < -0.3 is 9.47 Å². The van der Waals surface area contributed by atoms with Crippen molar-refractivity contribution in [2.24, 2.45) is 0 Å². The topological polar surface area (TPSA) is 18.5 Å². The normalized spacial score (nSPS) is 11.2. The van der Waals surface area contributed by atoms with Crippen LogP contribution in [0.5, 0.6) is 17.2 Å². The molecular formula is C18H22O2. The molecule has 20 heavy (non-hydrogen) atoms. The van der Waals surface area contributed by atoms with Gasteiger partial charge in [0.15, 0.2) is 11.5 Å². The van der Waals surface area contributed by atoms with Crippen LogP contribution in [0, 0.1) is 6.92 Å². The highest BCUT2D eigenvalue weighted by molar-refractivity contribution is 5.45. The molecule has 0 aliphatic heterocycles. The second kappa shape index (κ2) is 5.58. The van der Waals surface area contributed by atoms with E-state index < -0.39 is 0 Å². The second-order valence-electron chi connectivity index (χ2n) is 5.98. The number of aryl methyl sites for hydroxylation is 1. The Morgan fingerprint density at radius 2 is 1.55 bits per heavy atom. The van der Waals surface area contributed by atoms with E-state index >= 15 is 0 Å². The fourth-order valence-electron chi connectivity index (χ4n) is 2.37. The van der Waals surface area contributed by atoms with E-state index in [-0.39, 0.29) is 5.41 Å². The Morgan fingerprint density at radius 3 is 2.10 bits per heavy atom. The van der Waals surface area contributed by atoms with E-state index in [1.165, 1.54) is 11.1 Å². The number of ether oxygens (including phenoxy) is 2. The maximum absolute atomic E-state index is 5.92. The molecule has 0 atom stereocenters. The van der Waals surface area contributed by atoms with Crippen molar-refractivity contribution in [3.8, 4) is 17.2 Å². The molecule has 0 saturated carbocycles. The summed E-state index contributed by atoms with van der Waals surface area (Å²) in [6.45, 7) is 8.78. The van der Waals surface area contributed by atoms with E-state index in [4.69, 9.17) is 9.47 Å². The minimum absolute atomic E-state index is 0.146. The molecule has 2 aromatic rings. The number of benzene rings is 2. The fraction of sp³-hybridized carbons (Fsp3) is 0.333. The summed E-state index contributed by atoms with van der Waals surface area (Å²) >= 11 is 0. The SMILES string of the molecule is COc1ccccc1Oc1ccc(C(C)(C)C)c(C)c1. The van der Waals surface area contributed by atoms with Crippen molar-refractivity contribution in [3.05, 3.63) is 53.6 Å². The average Bonchev–Trinajstić information content (AvgIpc) is 2.38.